The van der Waals surface area contributed by atoms with Crippen LogP contribution in [0.25, 0.3) is 0 Å². The number of hydrogen-bond donors (Lipinski definition) is 2. The summed E-state index contributed by atoms with van der Waals surface area (Å²) in [6.45, 7) is 9.64. The van der Waals surface area contributed by atoms with E-state index in [-0.39, 0.29) is 29.9 Å². The number of amides is 1. The number of aliphatic imine (C=N–C) groups is 1. The molecule has 1 fully saturated rings. The molecule has 2 aromatic carbocycles. The number of carbonyl (C=O) groups is 1. The van der Waals surface area contributed by atoms with Crippen molar-refractivity contribution in [3.63, 3.8) is 0 Å². The van der Waals surface area contributed by atoms with Gasteiger partial charge in [0.25, 0.3) is 0 Å². The Balaban J connectivity index is 0.00000363. The Morgan fingerprint density at radius 2 is 1.84 bits per heavy atom. The summed E-state index contributed by atoms with van der Waals surface area (Å²) in [5.41, 5.74) is 3.36. The van der Waals surface area contributed by atoms with E-state index in [4.69, 9.17) is 9.73 Å². The van der Waals surface area contributed by atoms with E-state index in [2.05, 4.69) is 29.3 Å². The van der Waals surface area contributed by atoms with Gasteiger partial charge in [-0.15, -0.1) is 24.0 Å². The third-order valence-corrected chi connectivity index (χ3v) is 5.18. The molecule has 1 aliphatic heterocycles. The average molecular weight is 548 g/mol. The molecule has 6 nitrogen and oxygen atoms in total. The maximum Gasteiger partial charge on any atom is 0.222 e. The molecule has 0 spiro atoms. The number of halogens is 1. The van der Waals surface area contributed by atoms with Crippen molar-refractivity contribution in [2.45, 2.75) is 39.4 Å². The second-order valence-electron chi connectivity index (χ2n) is 7.44. The molecule has 1 heterocycles. The molecule has 0 aromatic heterocycles. The zero-order chi connectivity index (χ0) is 21.9. The maximum absolute atomic E-state index is 12.0. The summed E-state index contributed by atoms with van der Waals surface area (Å²) in [6.07, 6.45) is 3.35. The molecule has 32 heavy (non-hydrogen) atoms. The summed E-state index contributed by atoms with van der Waals surface area (Å²) in [4.78, 5) is 18.7. The summed E-state index contributed by atoms with van der Waals surface area (Å²) < 4.78 is 5.74. The second kappa shape index (κ2) is 13.8. The first-order valence-corrected chi connectivity index (χ1v) is 10.9. The minimum atomic E-state index is 0. The number of benzene rings is 2. The topological polar surface area (TPSA) is 66.0 Å². The Hall–Kier alpha value is -2.55. The Bertz CT molecular complexity index is 916. The fraction of sp³-hybridized carbons (Fsp3) is 0.360. The van der Waals surface area contributed by atoms with Crippen molar-refractivity contribution in [1.29, 1.82) is 0 Å². The van der Waals surface area contributed by atoms with Crippen LogP contribution in [0.1, 0.15) is 36.5 Å². The highest BCUT2D eigenvalue weighted by atomic mass is 127. The maximum atomic E-state index is 12.0. The van der Waals surface area contributed by atoms with Crippen LogP contribution in [0.3, 0.4) is 0 Å². The largest absolute Gasteiger partial charge is 0.489 e. The third-order valence-electron chi connectivity index (χ3n) is 5.18. The lowest BCUT2D eigenvalue weighted by Gasteiger charge is -2.19. The summed E-state index contributed by atoms with van der Waals surface area (Å²) >= 11 is 0. The van der Waals surface area contributed by atoms with E-state index < -0.39 is 0 Å². The van der Waals surface area contributed by atoms with E-state index in [0.717, 1.165) is 36.8 Å². The molecular formula is C25H33IN4O2. The zero-order valence-electron chi connectivity index (χ0n) is 18.7. The van der Waals surface area contributed by atoms with Gasteiger partial charge in [0.2, 0.25) is 5.91 Å². The highest BCUT2D eigenvalue weighted by molar-refractivity contribution is 14.0. The zero-order valence-corrected chi connectivity index (χ0v) is 21.0. The lowest BCUT2D eigenvalue weighted by Crippen LogP contribution is -2.37. The van der Waals surface area contributed by atoms with Crippen LogP contribution in [0.5, 0.6) is 5.75 Å². The summed E-state index contributed by atoms with van der Waals surface area (Å²) in [7, 11) is 0. The third kappa shape index (κ3) is 7.55. The first kappa shape index (κ1) is 25.7. The van der Waals surface area contributed by atoms with Crippen LogP contribution in [-0.2, 0) is 24.4 Å². The van der Waals surface area contributed by atoms with Gasteiger partial charge in [-0.3, -0.25) is 4.79 Å². The number of carbonyl (C=O) groups excluding carboxylic acids is 1. The first-order valence-electron chi connectivity index (χ1n) is 10.9. The lowest BCUT2D eigenvalue weighted by atomic mass is 10.1. The Labute approximate surface area is 208 Å². The van der Waals surface area contributed by atoms with Gasteiger partial charge in [-0.2, -0.15) is 0 Å². The Morgan fingerprint density at radius 1 is 1.12 bits per heavy atom. The van der Waals surface area contributed by atoms with Crippen molar-refractivity contribution in [1.82, 2.24) is 15.5 Å². The SMILES string of the molecule is C=CCOc1ccccc1CN=C(NCC)NCc1ccccc1CN1CCCC1=O.I. The number of nitrogens with one attached hydrogen (secondary N) is 2. The fourth-order valence-corrected chi connectivity index (χ4v) is 3.57. The van der Waals surface area contributed by atoms with Crippen LogP contribution >= 0.6 is 24.0 Å². The minimum absolute atomic E-state index is 0. The Morgan fingerprint density at radius 3 is 2.53 bits per heavy atom. The molecule has 0 saturated carbocycles. The van der Waals surface area contributed by atoms with E-state index in [1.165, 1.54) is 11.1 Å². The van der Waals surface area contributed by atoms with Crippen molar-refractivity contribution < 1.29 is 9.53 Å². The van der Waals surface area contributed by atoms with Crippen molar-refractivity contribution in [3.05, 3.63) is 77.9 Å². The van der Waals surface area contributed by atoms with E-state index in [1.54, 1.807) is 6.08 Å². The number of ether oxygens (including phenoxy) is 1. The van der Waals surface area contributed by atoms with Gasteiger partial charge in [0.15, 0.2) is 5.96 Å². The number of hydrogen-bond acceptors (Lipinski definition) is 3. The molecule has 0 radical (unpaired) electrons. The molecule has 7 heteroatoms. The van der Waals surface area contributed by atoms with E-state index in [0.29, 0.717) is 32.7 Å². The van der Waals surface area contributed by atoms with Crippen LogP contribution in [0.4, 0.5) is 0 Å². The smallest absolute Gasteiger partial charge is 0.222 e. The van der Waals surface area contributed by atoms with Crippen molar-refractivity contribution in [2.24, 2.45) is 4.99 Å². The lowest BCUT2D eigenvalue weighted by molar-refractivity contribution is -0.128. The second-order valence-corrected chi connectivity index (χ2v) is 7.44. The molecule has 0 bridgehead atoms. The number of rotatable bonds is 10. The molecule has 0 atom stereocenters. The monoisotopic (exact) mass is 548 g/mol. The number of para-hydroxylation sites is 1. The normalized spacial score (nSPS) is 13.5. The number of likely N-dealkylation sites (tertiary alicyclic amines) is 1. The van der Waals surface area contributed by atoms with E-state index >= 15 is 0 Å². The molecular weight excluding hydrogens is 515 g/mol. The summed E-state index contributed by atoms with van der Waals surface area (Å²) in [5.74, 6) is 1.81. The molecule has 2 aromatic rings. The molecule has 0 aliphatic carbocycles. The van der Waals surface area contributed by atoms with Gasteiger partial charge in [-0.1, -0.05) is 55.1 Å². The highest BCUT2D eigenvalue weighted by Gasteiger charge is 2.20. The standard InChI is InChI=1S/C25H32N4O2.HI/c1-3-16-31-23-13-8-7-11-21(23)18-28-25(26-4-2)27-17-20-10-5-6-12-22(20)19-29-15-9-14-24(29)30;/h3,5-8,10-13H,1,4,9,14-19H2,2H3,(H2,26,27,28);1H. The van der Waals surface area contributed by atoms with Gasteiger partial charge < -0.3 is 20.3 Å². The van der Waals surface area contributed by atoms with Crippen molar-refractivity contribution >= 4 is 35.8 Å². The quantitative estimate of drug-likeness (QED) is 0.202. The molecule has 1 aliphatic rings. The molecule has 0 unspecified atom stereocenters. The molecule has 172 valence electrons. The van der Waals surface area contributed by atoms with Gasteiger partial charge in [0.1, 0.15) is 12.4 Å². The van der Waals surface area contributed by atoms with Crippen molar-refractivity contribution in [2.75, 3.05) is 19.7 Å². The van der Waals surface area contributed by atoms with Gasteiger partial charge in [-0.25, -0.2) is 4.99 Å². The van der Waals surface area contributed by atoms with Crippen molar-refractivity contribution in [3.8, 4) is 5.75 Å². The predicted molar refractivity (Wildman–Crippen MR) is 140 cm³/mol. The predicted octanol–water partition coefficient (Wildman–Crippen LogP) is 4.25. The Kier molecular flexibility index (Phi) is 11.1. The van der Waals surface area contributed by atoms with Gasteiger partial charge in [0, 0.05) is 38.2 Å². The van der Waals surface area contributed by atoms with Gasteiger partial charge in [0.05, 0.1) is 6.54 Å². The first-order chi connectivity index (χ1) is 15.2. The molecule has 1 amide bonds. The van der Waals surface area contributed by atoms with Gasteiger partial charge >= 0.3 is 0 Å². The molecule has 1 saturated heterocycles. The van der Waals surface area contributed by atoms with Gasteiger partial charge in [-0.05, 0) is 30.5 Å². The highest BCUT2D eigenvalue weighted by Crippen LogP contribution is 2.19. The van der Waals surface area contributed by atoms with E-state index in [9.17, 15) is 4.79 Å². The van der Waals surface area contributed by atoms with Crippen LogP contribution in [0.15, 0.2) is 66.2 Å². The molecule has 2 N–H and O–H groups in total. The van der Waals surface area contributed by atoms with Crippen LogP contribution < -0.4 is 15.4 Å². The van der Waals surface area contributed by atoms with Crippen LogP contribution in [-0.4, -0.2) is 36.5 Å². The minimum Gasteiger partial charge on any atom is -0.489 e. The average Bonchev–Trinajstić information content (AvgIpc) is 3.20. The van der Waals surface area contributed by atoms with Crippen LogP contribution in [0, 0.1) is 0 Å². The molecule has 3 rings (SSSR count). The summed E-state index contributed by atoms with van der Waals surface area (Å²) in [5, 5.41) is 6.73. The number of guanidine groups is 1. The number of nitrogens with zero attached hydrogens (tertiary/aromatic N) is 2. The van der Waals surface area contributed by atoms with Crippen LogP contribution in [0.2, 0.25) is 0 Å². The van der Waals surface area contributed by atoms with E-state index in [1.807, 2.05) is 48.2 Å². The fourth-order valence-electron chi connectivity index (χ4n) is 3.57. The summed E-state index contributed by atoms with van der Waals surface area (Å²) in [6, 6.07) is 16.2.